The second kappa shape index (κ2) is 12.9. The van der Waals surface area contributed by atoms with E-state index >= 15 is 0 Å². The first-order chi connectivity index (χ1) is 15.7. The highest BCUT2D eigenvalue weighted by Crippen LogP contribution is 2.25. The monoisotopic (exact) mass is 473 g/mol. The van der Waals surface area contributed by atoms with Crippen molar-refractivity contribution < 1.29 is 20.1 Å². The zero-order valence-electron chi connectivity index (χ0n) is 19.3. The average Bonchev–Trinajstić information content (AvgIpc) is 2.78. The number of carboxylic acid groups (broad SMARTS) is 1. The molecule has 0 fully saturated rings. The van der Waals surface area contributed by atoms with Crippen molar-refractivity contribution >= 4 is 34.2 Å². The van der Waals surface area contributed by atoms with Crippen LogP contribution in [0.4, 0.5) is 5.69 Å². The van der Waals surface area contributed by atoms with E-state index in [4.69, 9.17) is 26.9 Å². The summed E-state index contributed by atoms with van der Waals surface area (Å²) >= 11 is 6.04. The Morgan fingerprint density at radius 2 is 1.85 bits per heavy atom. The quantitative estimate of drug-likeness (QED) is 0.299. The molecular weight excluding hydrogens is 442 g/mol. The molecule has 8 heteroatoms. The predicted octanol–water partition coefficient (Wildman–Crippen LogP) is 5.61. The molecule has 0 saturated carbocycles. The van der Waals surface area contributed by atoms with Crippen LogP contribution < -0.4 is 5.32 Å². The molecule has 0 bridgehead atoms. The van der Waals surface area contributed by atoms with E-state index < -0.39 is 5.97 Å². The van der Waals surface area contributed by atoms with E-state index in [-0.39, 0.29) is 17.1 Å². The van der Waals surface area contributed by atoms with E-state index in [1.165, 1.54) is 19.0 Å². The van der Waals surface area contributed by atoms with Crippen molar-refractivity contribution in [1.82, 2.24) is 9.88 Å². The summed E-state index contributed by atoms with van der Waals surface area (Å²) in [6, 6.07) is 11.7. The molecule has 0 aliphatic rings. The highest BCUT2D eigenvalue weighted by molar-refractivity contribution is 6.31. The van der Waals surface area contributed by atoms with Gasteiger partial charge in [0.05, 0.1) is 5.52 Å². The molecule has 0 saturated heterocycles. The van der Waals surface area contributed by atoms with Gasteiger partial charge in [0, 0.05) is 28.3 Å². The van der Waals surface area contributed by atoms with Crippen molar-refractivity contribution in [3.63, 3.8) is 0 Å². The molecule has 178 valence electrons. The van der Waals surface area contributed by atoms with Crippen molar-refractivity contribution in [2.75, 3.05) is 25.0 Å². The minimum absolute atomic E-state index is 0.180. The van der Waals surface area contributed by atoms with Gasteiger partial charge in [-0.15, -0.1) is 0 Å². The number of hydrogen-bond donors (Lipinski definition) is 4. The van der Waals surface area contributed by atoms with Crippen molar-refractivity contribution in [2.45, 2.75) is 39.7 Å². The summed E-state index contributed by atoms with van der Waals surface area (Å²) in [5, 5.41) is 31.6. The summed E-state index contributed by atoms with van der Waals surface area (Å²) in [6.45, 7) is 10.1. The van der Waals surface area contributed by atoms with E-state index in [1.807, 2.05) is 30.5 Å². The molecule has 3 aromatic rings. The standard InChI is InChI=1S/C18H26ClN3.C7H6O4/c1-4-22(5-2)12-6-7-14(3)21-17-10-11-20-18-13-15(19)8-9-16(17)18;8-4-1-2-6(9)5(3-4)7(10)11/h8-11,13-14H,4-7,12H2,1-3H3,(H,20,21);1-3,8-9H,(H,10,11). The Hall–Kier alpha value is -3.03. The third kappa shape index (κ3) is 8.11. The van der Waals surface area contributed by atoms with Crippen LogP contribution in [0.3, 0.4) is 0 Å². The minimum atomic E-state index is -1.27. The summed E-state index contributed by atoms with van der Waals surface area (Å²) in [5.74, 6) is -1.80. The number of anilines is 1. The van der Waals surface area contributed by atoms with Crippen LogP contribution in [0.1, 0.15) is 44.0 Å². The first-order valence-electron chi connectivity index (χ1n) is 11.0. The number of phenolic OH excluding ortho intramolecular Hbond substituents is 1. The van der Waals surface area contributed by atoms with Crippen molar-refractivity contribution in [2.24, 2.45) is 0 Å². The van der Waals surface area contributed by atoms with Gasteiger partial charge in [0.1, 0.15) is 17.1 Å². The Labute approximate surface area is 199 Å². The molecule has 0 radical (unpaired) electrons. The molecule has 1 aromatic heterocycles. The van der Waals surface area contributed by atoms with Gasteiger partial charge in [0.25, 0.3) is 0 Å². The average molecular weight is 474 g/mol. The number of nitrogens with zero attached hydrogens (tertiary/aromatic N) is 2. The summed E-state index contributed by atoms with van der Waals surface area (Å²) in [7, 11) is 0. The fourth-order valence-corrected chi connectivity index (χ4v) is 3.61. The van der Waals surface area contributed by atoms with Gasteiger partial charge in [-0.3, -0.25) is 4.98 Å². The number of halogens is 1. The van der Waals surface area contributed by atoms with Gasteiger partial charge in [-0.2, -0.15) is 0 Å². The maximum Gasteiger partial charge on any atom is 0.339 e. The number of carboxylic acids is 1. The van der Waals surface area contributed by atoms with Crippen LogP contribution in [0.25, 0.3) is 10.9 Å². The SMILES string of the molecule is CCN(CC)CCCC(C)Nc1ccnc2cc(Cl)ccc12.O=C(O)c1cc(O)ccc1O. The van der Waals surface area contributed by atoms with E-state index in [2.05, 4.69) is 36.0 Å². The van der Waals surface area contributed by atoms with Gasteiger partial charge in [-0.05, 0) is 81.9 Å². The topological polar surface area (TPSA) is 106 Å². The fraction of sp³-hybridized carbons (Fsp3) is 0.360. The lowest BCUT2D eigenvalue weighted by Crippen LogP contribution is -2.25. The summed E-state index contributed by atoms with van der Waals surface area (Å²) in [6.07, 6.45) is 4.21. The summed E-state index contributed by atoms with van der Waals surface area (Å²) < 4.78 is 0. The van der Waals surface area contributed by atoms with Crippen LogP contribution in [0.2, 0.25) is 5.02 Å². The molecule has 0 aliphatic heterocycles. The van der Waals surface area contributed by atoms with Gasteiger partial charge in [0.15, 0.2) is 0 Å². The largest absolute Gasteiger partial charge is 0.508 e. The second-order valence-electron chi connectivity index (χ2n) is 7.74. The van der Waals surface area contributed by atoms with Gasteiger partial charge in [0.2, 0.25) is 0 Å². The number of nitrogens with one attached hydrogen (secondary N) is 1. The third-order valence-electron chi connectivity index (χ3n) is 5.32. The van der Waals surface area contributed by atoms with E-state index in [9.17, 15) is 4.79 Å². The zero-order valence-corrected chi connectivity index (χ0v) is 20.0. The number of carbonyl (C=O) groups is 1. The number of pyridine rings is 1. The van der Waals surface area contributed by atoms with Crippen LogP contribution in [0.15, 0.2) is 48.7 Å². The van der Waals surface area contributed by atoms with Crippen LogP contribution in [0.5, 0.6) is 11.5 Å². The molecule has 4 N–H and O–H groups in total. The maximum absolute atomic E-state index is 10.3. The minimum Gasteiger partial charge on any atom is -0.508 e. The Morgan fingerprint density at radius 3 is 2.48 bits per heavy atom. The third-order valence-corrected chi connectivity index (χ3v) is 5.56. The molecule has 0 amide bonds. The van der Waals surface area contributed by atoms with Crippen molar-refractivity contribution in [1.29, 1.82) is 0 Å². The molecule has 1 atom stereocenters. The lowest BCUT2D eigenvalue weighted by atomic mass is 10.1. The van der Waals surface area contributed by atoms with Gasteiger partial charge < -0.3 is 25.5 Å². The fourth-order valence-electron chi connectivity index (χ4n) is 3.44. The molecule has 33 heavy (non-hydrogen) atoms. The van der Waals surface area contributed by atoms with Crippen LogP contribution in [-0.2, 0) is 0 Å². The lowest BCUT2D eigenvalue weighted by molar-refractivity contribution is 0.0693. The van der Waals surface area contributed by atoms with E-state index in [0.29, 0.717) is 6.04 Å². The molecule has 0 aliphatic carbocycles. The maximum atomic E-state index is 10.3. The molecule has 2 aromatic carbocycles. The lowest BCUT2D eigenvalue weighted by Gasteiger charge is -2.20. The molecular formula is C25H32ClN3O4. The number of phenols is 2. The second-order valence-corrected chi connectivity index (χ2v) is 8.18. The Kier molecular flexibility index (Phi) is 10.2. The molecule has 0 spiro atoms. The first-order valence-corrected chi connectivity index (χ1v) is 11.4. The number of hydrogen-bond acceptors (Lipinski definition) is 6. The van der Waals surface area contributed by atoms with Crippen LogP contribution in [0, 0.1) is 0 Å². The summed E-state index contributed by atoms with van der Waals surface area (Å²) in [5.41, 5.74) is 1.77. The molecule has 7 nitrogen and oxygen atoms in total. The normalized spacial score (nSPS) is 11.7. The molecule has 1 heterocycles. The zero-order chi connectivity index (χ0) is 24.4. The number of benzene rings is 2. The van der Waals surface area contributed by atoms with Crippen molar-refractivity contribution in [3.05, 3.63) is 59.2 Å². The smallest absolute Gasteiger partial charge is 0.339 e. The van der Waals surface area contributed by atoms with Gasteiger partial charge in [-0.25, -0.2) is 4.79 Å². The highest BCUT2D eigenvalue weighted by Gasteiger charge is 2.09. The number of fused-ring (bicyclic) bond motifs is 1. The number of aromatic nitrogens is 1. The van der Waals surface area contributed by atoms with Gasteiger partial charge in [-0.1, -0.05) is 25.4 Å². The highest BCUT2D eigenvalue weighted by atomic mass is 35.5. The molecule has 3 rings (SSSR count). The Bertz CT molecular complexity index is 1060. The van der Waals surface area contributed by atoms with Gasteiger partial charge >= 0.3 is 5.97 Å². The van der Waals surface area contributed by atoms with Crippen LogP contribution in [-0.4, -0.2) is 56.8 Å². The number of rotatable bonds is 9. The number of aromatic carboxylic acids is 1. The van der Waals surface area contributed by atoms with E-state index in [1.54, 1.807) is 0 Å². The van der Waals surface area contributed by atoms with E-state index in [0.717, 1.165) is 53.3 Å². The predicted molar refractivity (Wildman–Crippen MR) is 134 cm³/mol. The first kappa shape index (κ1) is 26.2. The molecule has 1 unspecified atom stereocenters. The Morgan fingerprint density at radius 1 is 1.12 bits per heavy atom. The van der Waals surface area contributed by atoms with Crippen LogP contribution >= 0.6 is 11.6 Å². The summed E-state index contributed by atoms with van der Waals surface area (Å²) in [4.78, 5) is 17.2. The Balaban J connectivity index is 0.000000294. The van der Waals surface area contributed by atoms with Crippen molar-refractivity contribution in [3.8, 4) is 11.5 Å². The number of aromatic hydroxyl groups is 2.